The molecule has 1 aromatic rings. The maximum Gasteiger partial charge on any atom is 0.408 e. The van der Waals surface area contributed by atoms with Crippen LogP contribution in [0.1, 0.15) is 44.4 Å². The highest BCUT2D eigenvalue weighted by molar-refractivity contribution is 9.10. The van der Waals surface area contributed by atoms with Crippen LogP contribution < -0.4 is 5.32 Å². The Morgan fingerprint density at radius 2 is 2.00 bits per heavy atom. The van der Waals surface area contributed by atoms with Gasteiger partial charge in [-0.25, -0.2) is 4.79 Å². The maximum atomic E-state index is 11.9. The van der Waals surface area contributed by atoms with E-state index < -0.39 is 23.7 Å². The van der Waals surface area contributed by atoms with Crippen LogP contribution in [0.3, 0.4) is 0 Å². The monoisotopic (exact) mass is 357 g/mol. The molecule has 1 rings (SSSR count). The Kier molecular flexibility index (Phi) is 5.78. The van der Waals surface area contributed by atoms with Crippen LogP contribution in [0, 0.1) is 6.92 Å². The molecule has 0 saturated carbocycles. The molecular formula is C15H20BrNO4. The number of benzene rings is 1. The van der Waals surface area contributed by atoms with Crippen LogP contribution in [0.25, 0.3) is 0 Å². The van der Waals surface area contributed by atoms with Gasteiger partial charge in [-0.3, -0.25) is 4.79 Å². The zero-order chi connectivity index (χ0) is 16.2. The van der Waals surface area contributed by atoms with Gasteiger partial charge in [-0.05, 0) is 44.9 Å². The van der Waals surface area contributed by atoms with Crippen LogP contribution in [0.5, 0.6) is 0 Å². The van der Waals surface area contributed by atoms with Gasteiger partial charge in [0.2, 0.25) is 0 Å². The molecule has 0 aliphatic rings. The summed E-state index contributed by atoms with van der Waals surface area (Å²) in [6.45, 7) is 7.18. The first-order valence-electron chi connectivity index (χ1n) is 6.56. The quantitative estimate of drug-likeness (QED) is 0.859. The fourth-order valence-corrected chi connectivity index (χ4v) is 2.55. The Balaban J connectivity index is 2.95. The first-order valence-corrected chi connectivity index (χ1v) is 7.35. The smallest absolute Gasteiger partial charge is 0.408 e. The van der Waals surface area contributed by atoms with Gasteiger partial charge in [0.05, 0.1) is 12.5 Å². The van der Waals surface area contributed by atoms with Crippen molar-refractivity contribution < 1.29 is 19.4 Å². The SMILES string of the molecule is Cc1ccc([C@H](CC(=O)O)NC(=O)OC(C)(C)C)c(Br)c1. The number of hydrogen-bond acceptors (Lipinski definition) is 3. The molecule has 0 heterocycles. The lowest BCUT2D eigenvalue weighted by Gasteiger charge is -2.23. The second kappa shape index (κ2) is 6.93. The summed E-state index contributed by atoms with van der Waals surface area (Å²) < 4.78 is 5.93. The molecule has 0 fully saturated rings. The van der Waals surface area contributed by atoms with Crippen molar-refractivity contribution >= 4 is 28.0 Å². The van der Waals surface area contributed by atoms with Crippen LogP contribution in [0.2, 0.25) is 0 Å². The van der Waals surface area contributed by atoms with Gasteiger partial charge in [0, 0.05) is 4.47 Å². The van der Waals surface area contributed by atoms with Crippen molar-refractivity contribution in [3.63, 3.8) is 0 Å². The van der Waals surface area contributed by atoms with Crippen LogP contribution in [-0.2, 0) is 9.53 Å². The summed E-state index contributed by atoms with van der Waals surface area (Å²) in [6, 6.07) is 4.88. The molecule has 6 heteroatoms. The summed E-state index contributed by atoms with van der Waals surface area (Å²) >= 11 is 3.40. The number of nitrogens with one attached hydrogen (secondary N) is 1. The topological polar surface area (TPSA) is 75.6 Å². The summed E-state index contributed by atoms with van der Waals surface area (Å²) in [5.74, 6) is -0.997. The molecule has 116 valence electrons. The molecule has 0 bridgehead atoms. The molecule has 0 aliphatic heterocycles. The lowest BCUT2D eigenvalue weighted by atomic mass is 10.0. The third-order valence-corrected chi connectivity index (χ3v) is 3.29. The second-order valence-electron chi connectivity index (χ2n) is 5.82. The molecule has 1 amide bonds. The van der Waals surface area contributed by atoms with Crippen molar-refractivity contribution in [3.8, 4) is 0 Å². The van der Waals surface area contributed by atoms with E-state index in [2.05, 4.69) is 21.2 Å². The van der Waals surface area contributed by atoms with Crippen LogP contribution in [0.15, 0.2) is 22.7 Å². The minimum Gasteiger partial charge on any atom is -0.481 e. The van der Waals surface area contributed by atoms with Crippen LogP contribution in [-0.4, -0.2) is 22.8 Å². The third kappa shape index (κ3) is 6.16. The molecule has 0 saturated heterocycles. The van der Waals surface area contributed by atoms with Crippen LogP contribution in [0.4, 0.5) is 4.79 Å². The van der Waals surface area contributed by atoms with Gasteiger partial charge < -0.3 is 15.2 Å². The molecule has 1 atom stereocenters. The van der Waals surface area contributed by atoms with E-state index in [0.717, 1.165) is 10.0 Å². The van der Waals surface area contributed by atoms with Gasteiger partial charge in [0.1, 0.15) is 5.60 Å². The number of halogens is 1. The molecule has 0 aliphatic carbocycles. The van der Waals surface area contributed by atoms with E-state index in [0.29, 0.717) is 5.56 Å². The number of carboxylic acids is 1. The summed E-state index contributed by atoms with van der Waals surface area (Å²) in [6.07, 6.45) is -0.859. The first-order chi connectivity index (χ1) is 9.58. The minimum absolute atomic E-state index is 0.221. The van der Waals surface area contributed by atoms with Gasteiger partial charge >= 0.3 is 12.1 Å². The van der Waals surface area contributed by atoms with Gasteiger partial charge in [0.15, 0.2) is 0 Å². The average Bonchev–Trinajstić information content (AvgIpc) is 2.24. The van der Waals surface area contributed by atoms with Crippen LogP contribution >= 0.6 is 15.9 Å². The number of carbonyl (C=O) groups excluding carboxylic acids is 1. The van der Waals surface area contributed by atoms with E-state index >= 15 is 0 Å². The number of ether oxygens (including phenoxy) is 1. The number of alkyl carbamates (subject to hydrolysis) is 1. The largest absolute Gasteiger partial charge is 0.481 e. The average molecular weight is 358 g/mol. The molecule has 1 aromatic carbocycles. The Morgan fingerprint density at radius 3 is 2.48 bits per heavy atom. The highest BCUT2D eigenvalue weighted by Crippen LogP contribution is 2.27. The van der Waals surface area contributed by atoms with E-state index in [1.165, 1.54) is 0 Å². The van der Waals surface area contributed by atoms with E-state index in [4.69, 9.17) is 9.84 Å². The lowest BCUT2D eigenvalue weighted by molar-refractivity contribution is -0.137. The molecule has 0 aromatic heterocycles. The molecule has 2 N–H and O–H groups in total. The number of amides is 1. The fraction of sp³-hybridized carbons (Fsp3) is 0.467. The molecule has 5 nitrogen and oxygen atoms in total. The number of hydrogen-bond donors (Lipinski definition) is 2. The number of aliphatic carboxylic acids is 1. The summed E-state index contributed by atoms with van der Waals surface area (Å²) in [7, 11) is 0. The zero-order valence-electron chi connectivity index (χ0n) is 12.6. The summed E-state index contributed by atoms with van der Waals surface area (Å²) in [4.78, 5) is 22.9. The highest BCUT2D eigenvalue weighted by atomic mass is 79.9. The van der Waals surface area contributed by atoms with E-state index in [1.54, 1.807) is 26.8 Å². The predicted octanol–water partition coefficient (Wildman–Crippen LogP) is 3.80. The van der Waals surface area contributed by atoms with Crippen molar-refractivity contribution in [1.29, 1.82) is 0 Å². The van der Waals surface area contributed by atoms with Gasteiger partial charge in [-0.2, -0.15) is 0 Å². The van der Waals surface area contributed by atoms with Crippen molar-refractivity contribution in [1.82, 2.24) is 5.32 Å². The van der Waals surface area contributed by atoms with Crippen molar-refractivity contribution in [2.75, 3.05) is 0 Å². The molecule has 0 unspecified atom stereocenters. The van der Waals surface area contributed by atoms with Crippen molar-refractivity contribution in [2.24, 2.45) is 0 Å². The number of rotatable bonds is 4. The van der Waals surface area contributed by atoms with Gasteiger partial charge in [-0.1, -0.05) is 28.1 Å². The fourth-order valence-electron chi connectivity index (χ4n) is 1.78. The van der Waals surface area contributed by atoms with Gasteiger partial charge in [-0.15, -0.1) is 0 Å². The Bertz CT molecular complexity index is 537. The molecule has 0 spiro atoms. The van der Waals surface area contributed by atoms with E-state index in [-0.39, 0.29) is 6.42 Å². The highest BCUT2D eigenvalue weighted by Gasteiger charge is 2.23. The number of carboxylic acid groups (broad SMARTS) is 1. The standard InChI is InChI=1S/C15H20BrNO4/c1-9-5-6-10(11(16)7-9)12(8-13(18)19)17-14(20)21-15(2,3)4/h5-7,12H,8H2,1-4H3,(H,17,20)(H,18,19)/t12-/m0/s1. The summed E-state index contributed by atoms with van der Waals surface area (Å²) in [5.41, 5.74) is 1.10. The molecule has 21 heavy (non-hydrogen) atoms. The minimum atomic E-state index is -0.997. The second-order valence-corrected chi connectivity index (χ2v) is 6.68. The summed E-state index contributed by atoms with van der Waals surface area (Å²) in [5, 5.41) is 11.6. The maximum absolute atomic E-state index is 11.9. The van der Waals surface area contributed by atoms with E-state index in [1.807, 2.05) is 19.1 Å². The molecular weight excluding hydrogens is 338 g/mol. The van der Waals surface area contributed by atoms with Gasteiger partial charge in [0.25, 0.3) is 0 Å². The van der Waals surface area contributed by atoms with Crippen molar-refractivity contribution in [2.45, 2.75) is 45.8 Å². The van der Waals surface area contributed by atoms with E-state index in [9.17, 15) is 9.59 Å². The third-order valence-electron chi connectivity index (χ3n) is 2.60. The predicted molar refractivity (Wildman–Crippen MR) is 83.2 cm³/mol. The zero-order valence-corrected chi connectivity index (χ0v) is 14.2. The first kappa shape index (κ1) is 17.5. The van der Waals surface area contributed by atoms with Crippen molar-refractivity contribution in [3.05, 3.63) is 33.8 Å². The molecule has 0 radical (unpaired) electrons. The number of carbonyl (C=O) groups is 2. The Morgan fingerprint density at radius 1 is 1.38 bits per heavy atom. The number of aryl methyl sites for hydroxylation is 1. The Hall–Kier alpha value is -1.56. The normalized spacial score (nSPS) is 12.6. The Labute approximate surface area is 132 Å². The lowest BCUT2D eigenvalue weighted by Crippen LogP contribution is -2.36.